The minimum Gasteiger partial charge on any atom is -0.449 e. The van der Waals surface area contributed by atoms with Crippen molar-refractivity contribution >= 4 is 17.8 Å². The summed E-state index contributed by atoms with van der Waals surface area (Å²) in [6.07, 6.45) is 12.4. The van der Waals surface area contributed by atoms with Gasteiger partial charge < -0.3 is 14.9 Å². The lowest BCUT2D eigenvalue weighted by molar-refractivity contribution is -0.121. The molecule has 0 saturated heterocycles. The number of amides is 2. The molecule has 0 heterocycles. The molecule has 0 aromatic carbocycles. The molecule has 1 saturated carbocycles. The smallest absolute Gasteiger partial charge is 0.413 e. The number of aliphatic hydroxyl groups is 2. The van der Waals surface area contributed by atoms with E-state index in [1.807, 2.05) is 23.5 Å². The molecule has 1 aliphatic carbocycles. The number of Topliss-reactive ketones (excluding diaryl/α,β-unsaturated/α-hetero) is 1. The van der Waals surface area contributed by atoms with Gasteiger partial charge in [-0.15, -0.1) is 0 Å². The van der Waals surface area contributed by atoms with Crippen molar-refractivity contribution in [1.82, 2.24) is 5.32 Å². The van der Waals surface area contributed by atoms with Crippen LogP contribution in [0, 0.1) is 11.8 Å². The van der Waals surface area contributed by atoms with Gasteiger partial charge in [0.25, 0.3) is 0 Å². The highest BCUT2D eigenvalue weighted by atomic mass is 16.5. The van der Waals surface area contributed by atoms with Crippen LogP contribution in [-0.2, 0) is 14.3 Å². The van der Waals surface area contributed by atoms with Gasteiger partial charge in [0.05, 0.1) is 18.8 Å². The van der Waals surface area contributed by atoms with Crippen LogP contribution in [0.15, 0.2) is 24.3 Å². The number of unbranched alkanes of at least 4 members (excludes halogenated alkanes) is 4. The van der Waals surface area contributed by atoms with Crippen LogP contribution in [-0.4, -0.2) is 46.8 Å². The van der Waals surface area contributed by atoms with Gasteiger partial charge in [0, 0.05) is 25.2 Å². The van der Waals surface area contributed by atoms with Crippen LogP contribution in [0.5, 0.6) is 0 Å². The van der Waals surface area contributed by atoms with E-state index in [1.54, 1.807) is 6.08 Å². The summed E-state index contributed by atoms with van der Waals surface area (Å²) < 4.78 is 4.86. The molecule has 0 aromatic rings. The summed E-state index contributed by atoms with van der Waals surface area (Å²) in [7, 11) is 0. The number of nitrogens with one attached hydrogen (secondary N) is 1. The molecule has 1 aliphatic rings. The molecule has 1 fully saturated rings. The molecule has 0 aromatic heterocycles. The van der Waals surface area contributed by atoms with Crippen LogP contribution in [0.2, 0.25) is 0 Å². The zero-order chi connectivity index (χ0) is 22.4. The second-order valence-corrected chi connectivity index (χ2v) is 7.89. The standard InChI is InChI=1S/C23H37NO6/c1-3-4-8-11-18(26)13-14-20-19(21(27)16-22(20)28)12-9-6-5-7-10-15-30-23(29)24-17(2)25/h6,9,13-14,18-20,22,26,28H,3-5,7-8,10-12,15-16H2,1-2H3,(H,24,25,29)/b9-6-,14-13+/t18-,19+,20+,22+/m0/s1. The molecule has 4 atom stereocenters. The Balaban J connectivity index is 2.33. The van der Waals surface area contributed by atoms with Crippen LogP contribution in [0.25, 0.3) is 0 Å². The van der Waals surface area contributed by atoms with E-state index in [0.29, 0.717) is 19.3 Å². The first-order valence-corrected chi connectivity index (χ1v) is 11.0. The number of rotatable bonds is 13. The Morgan fingerprint density at radius 3 is 2.70 bits per heavy atom. The van der Waals surface area contributed by atoms with E-state index in [9.17, 15) is 24.6 Å². The number of carbonyl (C=O) groups excluding carboxylic acids is 3. The van der Waals surface area contributed by atoms with Crippen LogP contribution in [0.4, 0.5) is 4.79 Å². The molecule has 2 amide bonds. The van der Waals surface area contributed by atoms with Gasteiger partial charge in [-0.2, -0.15) is 0 Å². The fourth-order valence-electron chi connectivity index (χ4n) is 3.55. The fraction of sp³-hybridized carbons (Fsp3) is 0.696. The number of aliphatic hydroxyl groups excluding tert-OH is 2. The van der Waals surface area contributed by atoms with Crippen LogP contribution >= 0.6 is 0 Å². The number of alkyl carbamates (subject to hydrolysis) is 1. The maximum Gasteiger partial charge on any atom is 0.413 e. The minimum absolute atomic E-state index is 0.0622. The first kappa shape index (κ1) is 26.0. The first-order chi connectivity index (χ1) is 14.3. The zero-order valence-electron chi connectivity index (χ0n) is 18.2. The lowest BCUT2D eigenvalue weighted by Gasteiger charge is -2.16. The summed E-state index contributed by atoms with van der Waals surface area (Å²) in [5.74, 6) is -0.897. The Hall–Kier alpha value is -1.99. The first-order valence-electron chi connectivity index (χ1n) is 11.0. The molecular weight excluding hydrogens is 386 g/mol. The van der Waals surface area contributed by atoms with E-state index in [1.165, 1.54) is 6.92 Å². The monoisotopic (exact) mass is 423 g/mol. The molecule has 170 valence electrons. The van der Waals surface area contributed by atoms with Gasteiger partial charge in [0.2, 0.25) is 5.91 Å². The largest absolute Gasteiger partial charge is 0.449 e. The fourth-order valence-corrected chi connectivity index (χ4v) is 3.55. The average molecular weight is 424 g/mol. The summed E-state index contributed by atoms with van der Waals surface area (Å²) in [6, 6.07) is 0. The average Bonchev–Trinajstić information content (AvgIpc) is 2.94. The normalized spacial score (nSPS) is 22.7. The number of allylic oxidation sites excluding steroid dienone is 2. The third kappa shape index (κ3) is 10.7. The van der Waals surface area contributed by atoms with Crippen molar-refractivity contribution in [2.45, 2.75) is 83.8 Å². The van der Waals surface area contributed by atoms with Crippen LogP contribution in [0.1, 0.15) is 71.6 Å². The zero-order valence-corrected chi connectivity index (χ0v) is 18.2. The summed E-state index contributed by atoms with van der Waals surface area (Å²) in [4.78, 5) is 34.1. The highest BCUT2D eigenvalue weighted by Crippen LogP contribution is 2.33. The van der Waals surface area contributed by atoms with Crippen molar-refractivity contribution in [3.63, 3.8) is 0 Å². The molecule has 30 heavy (non-hydrogen) atoms. The van der Waals surface area contributed by atoms with Crippen LogP contribution < -0.4 is 5.32 Å². The summed E-state index contributed by atoms with van der Waals surface area (Å²) in [5, 5.41) is 22.3. The Morgan fingerprint density at radius 1 is 1.23 bits per heavy atom. The predicted molar refractivity (Wildman–Crippen MR) is 115 cm³/mol. The number of carbonyl (C=O) groups is 3. The third-order valence-corrected chi connectivity index (χ3v) is 5.22. The van der Waals surface area contributed by atoms with Gasteiger partial charge in [0.15, 0.2) is 0 Å². The third-order valence-electron chi connectivity index (χ3n) is 5.22. The molecule has 0 spiro atoms. The highest BCUT2D eigenvalue weighted by Gasteiger charge is 2.39. The van der Waals surface area contributed by atoms with Gasteiger partial charge in [-0.1, -0.05) is 50.5 Å². The van der Waals surface area contributed by atoms with Gasteiger partial charge >= 0.3 is 6.09 Å². The van der Waals surface area contributed by atoms with Crippen molar-refractivity contribution in [2.75, 3.05) is 6.61 Å². The van der Waals surface area contributed by atoms with Gasteiger partial charge in [-0.05, 0) is 32.1 Å². The van der Waals surface area contributed by atoms with E-state index in [0.717, 1.165) is 32.1 Å². The van der Waals surface area contributed by atoms with E-state index >= 15 is 0 Å². The van der Waals surface area contributed by atoms with Crippen molar-refractivity contribution in [3.05, 3.63) is 24.3 Å². The van der Waals surface area contributed by atoms with E-state index in [2.05, 4.69) is 6.92 Å². The topological polar surface area (TPSA) is 113 Å². The molecule has 0 aliphatic heterocycles. The molecule has 1 rings (SSSR count). The van der Waals surface area contributed by atoms with Gasteiger partial charge in [-0.25, -0.2) is 4.79 Å². The van der Waals surface area contributed by atoms with Crippen molar-refractivity contribution < 1.29 is 29.3 Å². The van der Waals surface area contributed by atoms with Crippen molar-refractivity contribution in [2.24, 2.45) is 11.8 Å². The van der Waals surface area contributed by atoms with Gasteiger partial charge in [-0.3, -0.25) is 14.9 Å². The molecule has 7 heteroatoms. The highest BCUT2D eigenvalue weighted by molar-refractivity contribution is 5.90. The maximum atomic E-state index is 12.2. The Morgan fingerprint density at radius 2 is 2.00 bits per heavy atom. The molecular formula is C23H37NO6. The number of ether oxygens (including phenoxy) is 1. The quantitative estimate of drug-likeness (QED) is 0.309. The molecule has 0 radical (unpaired) electrons. The Labute approximate surface area is 179 Å². The number of hydrogen-bond donors (Lipinski definition) is 3. The number of ketones is 1. The molecule has 3 N–H and O–H groups in total. The molecule has 0 bridgehead atoms. The second kappa shape index (κ2) is 14.9. The van der Waals surface area contributed by atoms with Crippen molar-refractivity contribution in [1.29, 1.82) is 0 Å². The Bertz CT molecular complexity index is 601. The van der Waals surface area contributed by atoms with E-state index < -0.39 is 24.2 Å². The number of hydrogen-bond acceptors (Lipinski definition) is 6. The molecule has 7 nitrogen and oxygen atoms in total. The predicted octanol–water partition coefficient (Wildman–Crippen LogP) is 3.44. The molecule has 0 unspecified atom stereocenters. The van der Waals surface area contributed by atoms with Crippen LogP contribution in [0.3, 0.4) is 0 Å². The van der Waals surface area contributed by atoms with Gasteiger partial charge in [0.1, 0.15) is 5.78 Å². The lowest BCUT2D eigenvalue weighted by Crippen LogP contribution is -2.28. The van der Waals surface area contributed by atoms with Crippen molar-refractivity contribution in [3.8, 4) is 0 Å². The Kier molecular flexibility index (Phi) is 12.9. The summed E-state index contributed by atoms with van der Waals surface area (Å²) >= 11 is 0. The maximum absolute atomic E-state index is 12.2. The SMILES string of the molecule is CCCCC[C@H](O)/C=C/[C@H]1[C@H](O)CC(=O)[C@@H]1C/C=C\CCCCOC(=O)NC(C)=O. The summed E-state index contributed by atoms with van der Waals surface area (Å²) in [5.41, 5.74) is 0. The summed E-state index contributed by atoms with van der Waals surface area (Å²) in [6.45, 7) is 3.60. The second-order valence-electron chi connectivity index (χ2n) is 7.89. The van der Waals surface area contributed by atoms with E-state index in [-0.39, 0.29) is 30.6 Å². The van der Waals surface area contributed by atoms with E-state index in [4.69, 9.17) is 4.74 Å². The minimum atomic E-state index is -0.731. The number of imide groups is 1. The lowest BCUT2D eigenvalue weighted by atomic mass is 9.90.